The Morgan fingerprint density at radius 1 is 1.53 bits per heavy atom. The van der Waals surface area contributed by atoms with Crippen LogP contribution in [0, 0.1) is 0 Å². The van der Waals surface area contributed by atoms with Gasteiger partial charge in [-0.1, -0.05) is 0 Å². The normalized spacial score (nSPS) is 24.0. The highest BCUT2D eigenvalue weighted by Crippen LogP contribution is 2.32. The molecule has 0 N–H and O–H groups in total. The van der Waals surface area contributed by atoms with Crippen LogP contribution in [0.15, 0.2) is 17.3 Å². The van der Waals surface area contributed by atoms with Crippen molar-refractivity contribution in [3.8, 4) is 0 Å². The summed E-state index contributed by atoms with van der Waals surface area (Å²) in [5.41, 5.74) is 0. The predicted octanol–water partition coefficient (Wildman–Crippen LogP) is 2.27. The Balaban J connectivity index is 2.27. The molecule has 0 aliphatic carbocycles. The maximum atomic E-state index is 11.6. The third-order valence-corrected chi connectivity index (χ3v) is 4.27. The molecular formula is C8H12Cl2N2O2S. The molecule has 0 aromatic carbocycles. The Kier molecular flexibility index (Phi) is 3.35. The van der Waals surface area contributed by atoms with E-state index in [-0.39, 0.29) is 6.23 Å². The number of rotatable bonds is 2. The molecule has 0 radical (unpaired) electrons. The van der Waals surface area contributed by atoms with E-state index >= 15 is 0 Å². The van der Waals surface area contributed by atoms with Crippen molar-refractivity contribution in [2.45, 2.75) is 30.5 Å². The zero-order valence-corrected chi connectivity index (χ0v) is 10.4. The fourth-order valence-corrected chi connectivity index (χ4v) is 3.11. The summed E-state index contributed by atoms with van der Waals surface area (Å²) < 4.78 is 18.6. The van der Waals surface area contributed by atoms with E-state index in [4.69, 9.17) is 26.1 Å². The maximum absolute atomic E-state index is 11.6. The standard InChI is InChI=1S/C8H12Cl2N2O2S/c9-15(10,13)8-4-5-11-12(8)7-3-1-2-6-14-7/h4-5,7,15H,1-3,6H2. The molecule has 1 unspecified atom stereocenters. The minimum absolute atomic E-state index is 0.186. The number of halogens is 2. The van der Waals surface area contributed by atoms with Crippen LogP contribution in [-0.2, 0) is 13.1 Å². The van der Waals surface area contributed by atoms with Gasteiger partial charge in [-0.3, -0.25) is 4.21 Å². The second kappa shape index (κ2) is 4.41. The molecule has 86 valence electrons. The Hall–Kier alpha value is -0.100. The molecule has 2 rings (SSSR count). The molecule has 1 atom stereocenters. The number of aromatic nitrogens is 2. The summed E-state index contributed by atoms with van der Waals surface area (Å²) in [6, 6.07) is 1.57. The highest BCUT2D eigenvalue weighted by Gasteiger charge is 2.23. The van der Waals surface area contributed by atoms with Gasteiger partial charge >= 0.3 is 0 Å². The topological polar surface area (TPSA) is 44.1 Å². The van der Waals surface area contributed by atoms with Crippen molar-refractivity contribution in [1.82, 2.24) is 9.78 Å². The zero-order chi connectivity index (χ0) is 10.9. The Morgan fingerprint density at radius 3 is 2.93 bits per heavy atom. The van der Waals surface area contributed by atoms with Crippen LogP contribution in [0.4, 0.5) is 0 Å². The van der Waals surface area contributed by atoms with Crippen LogP contribution in [0.25, 0.3) is 0 Å². The van der Waals surface area contributed by atoms with Gasteiger partial charge in [-0.05, 0) is 46.7 Å². The molecule has 1 aromatic rings. The number of thiol groups is 1. The first-order valence-electron chi connectivity index (χ1n) is 4.74. The molecule has 15 heavy (non-hydrogen) atoms. The van der Waals surface area contributed by atoms with Gasteiger partial charge in [0.25, 0.3) is 0 Å². The van der Waals surface area contributed by atoms with E-state index < -0.39 is 8.36 Å². The molecule has 2 heterocycles. The van der Waals surface area contributed by atoms with E-state index in [0.717, 1.165) is 19.3 Å². The Morgan fingerprint density at radius 2 is 2.33 bits per heavy atom. The van der Waals surface area contributed by atoms with Crippen molar-refractivity contribution in [3.05, 3.63) is 12.3 Å². The van der Waals surface area contributed by atoms with E-state index in [0.29, 0.717) is 11.6 Å². The number of hydrogen-bond acceptors (Lipinski definition) is 3. The van der Waals surface area contributed by atoms with Crippen LogP contribution >= 0.6 is 21.4 Å². The molecule has 7 heteroatoms. The van der Waals surface area contributed by atoms with Crippen LogP contribution in [0.3, 0.4) is 0 Å². The smallest absolute Gasteiger partial charge is 0.151 e. The molecule has 1 aliphatic heterocycles. The van der Waals surface area contributed by atoms with Gasteiger partial charge < -0.3 is 4.74 Å². The molecule has 4 nitrogen and oxygen atoms in total. The minimum Gasteiger partial charge on any atom is -0.356 e. The molecule has 0 amide bonds. The van der Waals surface area contributed by atoms with E-state index in [1.54, 1.807) is 6.07 Å². The average molecular weight is 271 g/mol. The van der Waals surface area contributed by atoms with Gasteiger partial charge in [0, 0.05) is 6.61 Å². The van der Waals surface area contributed by atoms with E-state index in [9.17, 15) is 4.21 Å². The first kappa shape index (κ1) is 11.4. The third kappa shape index (κ3) is 2.53. The molecule has 1 saturated heterocycles. The second-order valence-electron chi connectivity index (χ2n) is 3.42. The van der Waals surface area contributed by atoms with Crippen molar-refractivity contribution in [2.24, 2.45) is 0 Å². The van der Waals surface area contributed by atoms with Crippen molar-refractivity contribution >= 4 is 29.7 Å². The van der Waals surface area contributed by atoms with Crippen LogP contribution in [0.2, 0.25) is 0 Å². The van der Waals surface area contributed by atoms with Crippen LogP contribution in [0.5, 0.6) is 0 Å². The molecule has 1 aromatic heterocycles. The summed E-state index contributed by atoms with van der Waals surface area (Å²) in [5.74, 6) is 0. The maximum Gasteiger partial charge on any atom is 0.151 e. The van der Waals surface area contributed by atoms with E-state index in [1.165, 1.54) is 10.9 Å². The predicted molar refractivity (Wildman–Crippen MR) is 60.6 cm³/mol. The van der Waals surface area contributed by atoms with Crippen molar-refractivity contribution in [2.75, 3.05) is 6.61 Å². The van der Waals surface area contributed by atoms with Gasteiger partial charge in [0.05, 0.1) is 14.6 Å². The summed E-state index contributed by atoms with van der Waals surface area (Å²) in [4.78, 5) is 0. The van der Waals surface area contributed by atoms with Gasteiger partial charge in [0.2, 0.25) is 0 Å². The second-order valence-corrected chi connectivity index (χ2v) is 8.18. The van der Waals surface area contributed by atoms with Gasteiger partial charge in [-0.15, -0.1) is 0 Å². The first-order valence-corrected chi connectivity index (χ1v) is 8.26. The minimum atomic E-state index is -3.31. The Bertz CT molecular complexity index is 384. The average Bonchev–Trinajstić information content (AvgIpc) is 2.67. The first-order chi connectivity index (χ1) is 7.09. The van der Waals surface area contributed by atoms with Crippen molar-refractivity contribution in [1.29, 1.82) is 0 Å². The molecule has 1 aliphatic rings. The number of hydrogen-bond donors (Lipinski definition) is 1. The quantitative estimate of drug-likeness (QED) is 0.663. The van der Waals surface area contributed by atoms with Crippen LogP contribution in [0.1, 0.15) is 25.5 Å². The Labute approximate surface area is 97.9 Å². The molecule has 0 spiro atoms. The van der Waals surface area contributed by atoms with Gasteiger partial charge in [-0.2, -0.15) is 5.10 Å². The van der Waals surface area contributed by atoms with Gasteiger partial charge in [0.15, 0.2) is 6.23 Å². The lowest BCUT2D eigenvalue weighted by Crippen LogP contribution is -2.21. The molecule has 0 saturated carbocycles. The monoisotopic (exact) mass is 270 g/mol. The summed E-state index contributed by atoms with van der Waals surface area (Å²) in [6.45, 7) is 0.693. The van der Waals surface area contributed by atoms with Gasteiger partial charge in [-0.25, -0.2) is 4.68 Å². The zero-order valence-electron chi connectivity index (χ0n) is 7.97. The summed E-state index contributed by atoms with van der Waals surface area (Å²) in [6.07, 6.45) is 4.31. The largest absolute Gasteiger partial charge is 0.356 e. The molecular weight excluding hydrogens is 259 g/mol. The third-order valence-electron chi connectivity index (χ3n) is 2.34. The summed E-state index contributed by atoms with van der Waals surface area (Å²) in [5, 5.41) is 4.40. The summed E-state index contributed by atoms with van der Waals surface area (Å²) in [7, 11) is 7.95. The SMILES string of the molecule is O=[SH](Cl)(Cl)c1ccnn1C1CCCCO1. The van der Waals surface area contributed by atoms with Crippen LogP contribution in [-0.4, -0.2) is 20.6 Å². The van der Waals surface area contributed by atoms with E-state index in [1.807, 2.05) is 0 Å². The fourth-order valence-electron chi connectivity index (χ4n) is 1.65. The lowest BCUT2D eigenvalue weighted by atomic mass is 10.2. The highest BCUT2D eigenvalue weighted by atomic mass is 36.0. The summed E-state index contributed by atoms with van der Waals surface area (Å²) >= 11 is 0. The lowest BCUT2D eigenvalue weighted by molar-refractivity contribution is -0.0447. The molecule has 0 bridgehead atoms. The van der Waals surface area contributed by atoms with Crippen LogP contribution < -0.4 is 0 Å². The lowest BCUT2D eigenvalue weighted by Gasteiger charge is -2.25. The van der Waals surface area contributed by atoms with Crippen molar-refractivity contribution < 1.29 is 8.95 Å². The van der Waals surface area contributed by atoms with Gasteiger partial charge in [0.1, 0.15) is 5.03 Å². The fraction of sp³-hybridized carbons (Fsp3) is 0.625. The number of nitrogens with zero attached hydrogens (tertiary/aromatic N) is 2. The number of ether oxygens (including phenoxy) is 1. The van der Waals surface area contributed by atoms with E-state index in [2.05, 4.69) is 5.10 Å². The highest BCUT2D eigenvalue weighted by molar-refractivity contribution is 8.40. The molecule has 1 fully saturated rings. The van der Waals surface area contributed by atoms with Crippen molar-refractivity contribution in [3.63, 3.8) is 0 Å².